The third kappa shape index (κ3) is 3.96. The second-order valence-corrected chi connectivity index (χ2v) is 11.8. The highest BCUT2D eigenvalue weighted by Crippen LogP contribution is 2.41. The normalized spacial score (nSPS) is 19.6. The number of carbonyl (C=O) groups excluding carboxylic acids is 2. The van der Waals surface area contributed by atoms with E-state index in [2.05, 4.69) is 42.0 Å². The van der Waals surface area contributed by atoms with Crippen LogP contribution in [0.2, 0.25) is 0 Å². The molecule has 2 N–H and O–H groups in total. The smallest absolute Gasteiger partial charge is 0.409 e. The van der Waals surface area contributed by atoms with Gasteiger partial charge in [-0.1, -0.05) is 33.3 Å². The van der Waals surface area contributed by atoms with E-state index in [1.54, 1.807) is 4.90 Å². The molecule has 2 aromatic heterocycles. The molecule has 0 atom stereocenters. The first-order valence-corrected chi connectivity index (χ1v) is 13.2. The first kappa shape index (κ1) is 23.1. The van der Waals surface area contributed by atoms with Crippen molar-refractivity contribution in [2.75, 3.05) is 32.8 Å². The Bertz CT molecular complexity index is 1320. The minimum atomic E-state index is -0.228. The minimum absolute atomic E-state index is 0.0384. The fourth-order valence-electron chi connectivity index (χ4n) is 6.03. The molecular formula is C28H35N5O3. The summed E-state index contributed by atoms with van der Waals surface area (Å²) in [5.41, 5.74) is 6.52. The number of carbonyl (C=O) groups is 2. The number of benzene rings is 1. The van der Waals surface area contributed by atoms with Crippen molar-refractivity contribution in [2.45, 2.75) is 52.9 Å². The molecule has 2 amide bonds. The molecule has 1 spiro atoms. The fraction of sp³-hybridized carbons (Fsp3) is 0.536. The number of likely N-dealkylation sites (tertiary alicyclic amines) is 2. The van der Waals surface area contributed by atoms with Crippen LogP contribution in [0.25, 0.3) is 22.3 Å². The second-order valence-electron chi connectivity index (χ2n) is 11.8. The maximum atomic E-state index is 13.2. The lowest BCUT2D eigenvalue weighted by atomic mass is 9.73. The summed E-state index contributed by atoms with van der Waals surface area (Å²) in [5.74, 6) is 0.0435. The lowest BCUT2D eigenvalue weighted by molar-refractivity contribution is -0.0893. The molecule has 2 aliphatic heterocycles. The van der Waals surface area contributed by atoms with Gasteiger partial charge in [0.25, 0.3) is 5.91 Å². The van der Waals surface area contributed by atoms with Crippen molar-refractivity contribution in [3.8, 4) is 11.4 Å². The largest absolute Gasteiger partial charge is 0.449 e. The maximum absolute atomic E-state index is 13.2. The van der Waals surface area contributed by atoms with Gasteiger partial charge in [-0.15, -0.1) is 0 Å². The number of aromatic amines is 2. The number of amides is 2. The van der Waals surface area contributed by atoms with E-state index in [-0.39, 0.29) is 17.4 Å². The van der Waals surface area contributed by atoms with E-state index in [9.17, 15) is 9.59 Å². The molecular weight excluding hydrogens is 454 g/mol. The Hall–Kier alpha value is -3.29. The zero-order chi connectivity index (χ0) is 25.1. The molecule has 8 heteroatoms. The van der Waals surface area contributed by atoms with E-state index < -0.39 is 0 Å². The standard InChI is InChI=1S/C28H35N5O3/c1-4-5-10-36-26(35)33-16-28(17-33)14-32(15-28)25(34)19-7-6-18-11-22(29-21(18)12-19)24-20-8-9-27(2,3)13-23(20)30-31-24/h6-7,11-12,29H,4-5,8-10,13-17H2,1-3H3,(H,30,31). The Morgan fingerprint density at radius 3 is 2.67 bits per heavy atom. The van der Waals surface area contributed by atoms with E-state index in [1.165, 1.54) is 11.3 Å². The van der Waals surface area contributed by atoms with Crippen molar-refractivity contribution < 1.29 is 14.3 Å². The van der Waals surface area contributed by atoms with Crippen LogP contribution >= 0.6 is 0 Å². The number of aromatic nitrogens is 3. The van der Waals surface area contributed by atoms with E-state index in [0.29, 0.717) is 43.8 Å². The summed E-state index contributed by atoms with van der Waals surface area (Å²) in [6.45, 7) is 9.89. The van der Waals surface area contributed by atoms with Gasteiger partial charge in [0.05, 0.1) is 12.3 Å². The number of ether oxygens (including phenoxy) is 1. The van der Waals surface area contributed by atoms with E-state index in [4.69, 9.17) is 4.74 Å². The molecule has 190 valence electrons. The van der Waals surface area contributed by atoms with Crippen LogP contribution in [0, 0.1) is 10.8 Å². The summed E-state index contributed by atoms with van der Waals surface area (Å²) in [6, 6.07) is 8.00. The molecule has 0 unspecified atom stereocenters. The minimum Gasteiger partial charge on any atom is -0.449 e. The van der Waals surface area contributed by atoms with Gasteiger partial charge in [0.2, 0.25) is 0 Å². The van der Waals surface area contributed by atoms with Gasteiger partial charge in [-0.2, -0.15) is 5.10 Å². The number of fused-ring (bicyclic) bond motifs is 2. The second kappa shape index (κ2) is 8.39. The van der Waals surface area contributed by atoms with Crippen LogP contribution in [0.1, 0.15) is 61.6 Å². The molecule has 3 aromatic rings. The topological polar surface area (TPSA) is 94.3 Å². The van der Waals surface area contributed by atoms with Gasteiger partial charge in [-0.05, 0) is 49.3 Å². The summed E-state index contributed by atoms with van der Waals surface area (Å²) in [7, 11) is 0. The highest BCUT2D eigenvalue weighted by Gasteiger charge is 2.55. The van der Waals surface area contributed by atoms with Crippen molar-refractivity contribution in [1.29, 1.82) is 0 Å². The van der Waals surface area contributed by atoms with Crippen LogP contribution in [0.4, 0.5) is 4.79 Å². The molecule has 1 aromatic carbocycles. The van der Waals surface area contributed by atoms with Crippen LogP contribution in [-0.2, 0) is 17.6 Å². The quantitative estimate of drug-likeness (QED) is 0.505. The van der Waals surface area contributed by atoms with Crippen molar-refractivity contribution in [1.82, 2.24) is 25.0 Å². The Morgan fingerprint density at radius 1 is 1.11 bits per heavy atom. The van der Waals surface area contributed by atoms with Crippen LogP contribution in [-0.4, -0.2) is 69.8 Å². The number of hydrogen-bond donors (Lipinski definition) is 2. The fourth-order valence-corrected chi connectivity index (χ4v) is 6.03. The molecule has 2 saturated heterocycles. The van der Waals surface area contributed by atoms with Gasteiger partial charge in [-0.3, -0.25) is 9.89 Å². The first-order valence-electron chi connectivity index (χ1n) is 13.2. The summed E-state index contributed by atoms with van der Waals surface area (Å²) >= 11 is 0. The van der Waals surface area contributed by atoms with E-state index in [1.807, 2.05) is 23.1 Å². The number of rotatable bonds is 5. The van der Waals surface area contributed by atoms with Gasteiger partial charge in [0.1, 0.15) is 5.69 Å². The SMILES string of the molecule is CCCCOC(=O)N1CC2(C1)CN(C(=O)c1ccc3cc(-c4n[nH]c5c4CCC(C)(C)C5)[nH]c3c1)C2. The summed E-state index contributed by atoms with van der Waals surface area (Å²) in [6.07, 6.45) is 4.87. The Balaban J connectivity index is 1.10. The Labute approximate surface area is 211 Å². The van der Waals surface area contributed by atoms with Gasteiger partial charge in [-0.25, -0.2) is 4.79 Å². The molecule has 6 rings (SSSR count). The monoisotopic (exact) mass is 489 g/mol. The van der Waals surface area contributed by atoms with E-state index >= 15 is 0 Å². The summed E-state index contributed by atoms with van der Waals surface area (Å²) < 4.78 is 5.30. The number of hydrogen-bond acceptors (Lipinski definition) is 4. The molecule has 0 radical (unpaired) electrons. The summed E-state index contributed by atoms with van der Waals surface area (Å²) in [4.78, 5) is 32.4. The number of nitrogens with one attached hydrogen (secondary N) is 2. The number of nitrogens with zero attached hydrogens (tertiary/aromatic N) is 3. The highest BCUT2D eigenvalue weighted by atomic mass is 16.6. The zero-order valence-corrected chi connectivity index (χ0v) is 21.4. The summed E-state index contributed by atoms with van der Waals surface area (Å²) in [5, 5.41) is 8.98. The van der Waals surface area contributed by atoms with Gasteiger partial charge in [0.15, 0.2) is 0 Å². The highest BCUT2D eigenvalue weighted by molar-refractivity contribution is 5.99. The van der Waals surface area contributed by atoms with Crippen molar-refractivity contribution in [3.05, 3.63) is 41.1 Å². The molecule has 0 saturated carbocycles. The molecule has 4 heterocycles. The van der Waals surface area contributed by atoms with Gasteiger partial charge < -0.3 is 19.5 Å². The lowest BCUT2D eigenvalue weighted by Gasteiger charge is -2.59. The molecule has 8 nitrogen and oxygen atoms in total. The van der Waals surface area contributed by atoms with Gasteiger partial charge >= 0.3 is 6.09 Å². The Morgan fingerprint density at radius 2 is 1.89 bits per heavy atom. The number of H-pyrrole nitrogens is 2. The molecule has 1 aliphatic carbocycles. The van der Waals surface area contributed by atoms with Crippen LogP contribution in [0.15, 0.2) is 24.3 Å². The zero-order valence-electron chi connectivity index (χ0n) is 21.4. The molecule has 36 heavy (non-hydrogen) atoms. The lowest BCUT2D eigenvalue weighted by Crippen LogP contribution is -2.73. The van der Waals surface area contributed by atoms with Gasteiger partial charge in [0, 0.05) is 59.3 Å². The Kier molecular flexibility index (Phi) is 5.39. The van der Waals surface area contributed by atoms with E-state index in [0.717, 1.165) is 54.4 Å². The third-order valence-corrected chi connectivity index (χ3v) is 8.16. The van der Waals surface area contributed by atoms with Crippen molar-refractivity contribution >= 4 is 22.9 Å². The van der Waals surface area contributed by atoms with Crippen molar-refractivity contribution in [3.63, 3.8) is 0 Å². The average Bonchev–Trinajstić information content (AvgIpc) is 3.39. The average molecular weight is 490 g/mol. The first-order chi connectivity index (χ1) is 17.3. The van der Waals surface area contributed by atoms with Crippen LogP contribution in [0.5, 0.6) is 0 Å². The van der Waals surface area contributed by atoms with Crippen LogP contribution < -0.4 is 0 Å². The molecule has 3 aliphatic rings. The van der Waals surface area contributed by atoms with Crippen molar-refractivity contribution in [2.24, 2.45) is 10.8 Å². The maximum Gasteiger partial charge on any atom is 0.409 e. The predicted octanol–water partition coefficient (Wildman–Crippen LogP) is 4.77. The molecule has 0 bridgehead atoms. The third-order valence-electron chi connectivity index (χ3n) is 8.16. The predicted molar refractivity (Wildman–Crippen MR) is 138 cm³/mol. The number of unbranched alkanes of at least 4 members (excludes halogenated alkanes) is 1. The molecule has 2 fully saturated rings. The van der Waals surface area contributed by atoms with Crippen LogP contribution in [0.3, 0.4) is 0 Å².